The Balaban J connectivity index is 1.52. The zero-order valence-corrected chi connectivity index (χ0v) is 19.0. The molecule has 4 rings (SSSR count). The minimum absolute atomic E-state index is 0.227. The summed E-state index contributed by atoms with van der Waals surface area (Å²) in [4.78, 5) is 29.6. The Morgan fingerprint density at radius 2 is 1.87 bits per heavy atom. The fourth-order valence-corrected chi connectivity index (χ4v) is 5.78. The van der Waals surface area contributed by atoms with Crippen molar-refractivity contribution in [1.29, 1.82) is 0 Å². The molecule has 1 aromatic heterocycles. The number of carbonyl (C=O) groups is 2. The topological polar surface area (TPSA) is 75.4 Å². The molecule has 0 fully saturated rings. The summed E-state index contributed by atoms with van der Waals surface area (Å²) >= 11 is 3.19. The van der Waals surface area contributed by atoms with Gasteiger partial charge in [-0.2, -0.15) is 0 Å². The number of fused-ring (bicyclic) bond motifs is 1. The molecule has 31 heavy (non-hydrogen) atoms. The molecule has 0 spiro atoms. The molecule has 1 aliphatic heterocycles. The van der Waals surface area contributed by atoms with E-state index < -0.39 is 5.91 Å². The molecular weight excluding hydrogens is 426 g/mol. The highest BCUT2D eigenvalue weighted by molar-refractivity contribution is 7.99. The molecule has 0 bridgehead atoms. The lowest BCUT2D eigenvalue weighted by Crippen LogP contribution is -2.30. The molecule has 0 saturated carbocycles. The molecule has 0 atom stereocenters. The third kappa shape index (κ3) is 5.01. The van der Waals surface area contributed by atoms with Crippen LogP contribution in [0.3, 0.4) is 0 Å². The van der Waals surface area contributed by atoms with Crippen LogP contribution in [-0.2, 0) is 19.5 Å². The van der Waals surface area contributed by atoms with E-state index in [4.69, 9.17) is 5.73 Å². The maximum atomic E-state index is 12.8. The van der Waals surface area contributed by atoms with Crippen LogP contribution in [0.2, 0.25) is 0 Å². The Morgan fingerprint density at radius 1 is 1.13 bits per heavy atom. The molecule has 7 heteroatoms. The number of thiophene rings is 1. The molecule has 3 aromatic rings. The van der Waals surface area contributed by atoms with Gasteiger partial charge in [0.25, 0.3) is 11.8 Å². The number of primary amides is 1. The third-order valence-corrected chi connectivity index (χ3v) is 7.31. The molecule has 3 N–H and O–H groups in total. The van der Waals surface area contributed by atoms with E-state index in [2.05, 4.69) is 29.3 Å². The second kappa shape index (κ2) is 9.68. The van der Waals surface area contributed by atoms with Gasteiger partial charge in [-0.3, -0.25) is 14.5 Å². The molecule has 2 amide bonds. The van der Waals surface area contributed by atoms with Gasteiger partial charge in [0.15, 0.2) is 0 Å². The largest absolute Gasteiger partial charge is 0.365 e. The number of nitrogens with one attached hydrogen (secondary N) is 1. The van der Waals surface area contributed by atoms with Gasteiger partial charge in [-0.05, 0) is 47.6 Å². The molecule has 5 nitrogen and oxygen atoms in total. The summed E-state index contributed by atoms with van der Waals surface area (Å²) in [6.07, 6.45) is 0.746. The van der Waals surface area contributed by atoms with Gasteiger partial charge in [0, 0.05) is 35.0 Å². The van der Waals surface area contributed by atoms with Crippen LogP contribution in [0.25, 0.3) is 0 Å². The number of carbonyl (C=O) groups excluding carboxylic acids is 2. The van der Waals surface area contributed by atoms with Crippen LogP contribution in [0.15, 0.2) is 59.5 Å². The van der Waals surface area contributed by atoms with E-state index in [1.807, 2.05) is 42.5 Å². The first kappa shape index (κ1) is 21.6. The van der Waals surface area contributed by atoms with Gasteiger partial charge in [-0.25, -0.2) is 0 Å². The molecular formula is C24H25N3O2S2. The Morgan fingerprint density at radius 3 is 2.55 bits per heavy atom. The van der Waals surface area contributed by atoms with Crippen LogP contribution in [0.4, 0.5) is 5.00 Å². The SMILES string of the molecule is CCSc1ccc(C(=O)Nc2sc3c(c2C(N)=O)CCN(Cc2ccccc2)C3)cc1. The van der Waals surface area contributed by atoms with E-state index in [1.54, 1.807) is 11.8 Å². The average molecular weight is 452 g/mol. The smallest absolute Gasteiger partial charge is 0.256 e. The number of thioether (sulfide) groups is 1. The molecule has 0 aliphatic carbocycles. The predicted molar refractivity (Wildman–Crippen MR) is 128 cm³/mol. The van der Waals surface area contributed by atoms with Crippen LogP contribution in [0, 0.1) is 0 Å². The van der Waals surface area contributed by atoms with Crippen molar-refractivity contribution in [3.8, 4) is 0 Å². The zero-order chi connectivity index (χ0) is 21.8. The molecule has 160 valence electrons. The first-order valence-corrected chi connectivity index (χ1v) is 12.1. The fourth-order valence-electron chi connectivity index (χ4n) is 3.83. The maximum absolute atomic E-state index is 12.8. The van der Waals surface area contributed by atoms with Crippen molar-refractivity contribution in [2.45, 2.75) is 31.3 Å². The van der Waals surface area contributed by atoms with E-state index in [9.17, 15) is 9.59 Å². The standard InChI is InChI=1S/C24H25N3O2S2/c1-2-30-18-10-8-17(9-11-18)23(29)26-24-21(22(25)28)19-12-13-27(15-20(19)31-24)14-16-6-4-3-5-7-16/h3-11H,2,12-15H2,1H3,(H2,25,28)(H,26,29). The number of nitrogens with two attached hydrogens (primary N) is 1. The first-order valence-electron chi connectivity index (χ1n) is 10.3. The van der Waals surface area contributed by atoms with Crippen molar-refractivity contribution in [3.05, 3.63) is 81.7 Å². The van der Waals surface area contributed by atoms with Gasteiger partial charge in [-0.1, -0.05) is 37.3 Å². The second-order valence-electron chi connectivity index (χ2n) is 7.43. The summed E-state index contributed by atoms with van der Waals surface area (Å²) in [5.74, 6) is 0.268. The van der Waals surface area contributed by atoms with Gasteiger partial charge in [0.1, 0.15) is 5.00 Å². The van der Waals surface area contributed by atoms with Gasteiger partial charge in [0.05, 0.1) is 5.56 Å². The Labute approximate surface area is 190 Å². The number of rotatable bonds is 7. The van der Waals surface area contributed by atoms with Crippen molar-refractivity contribution in [1.82, 2.24) is 4.90 Å². The lowest BCUT2D eigenvalue weighted by atomic mass is 10.0. The lowest BCUT2D eigenvalue weighted by Gasteiger charge is -2.27. The number of benzene rings is 2. The molecule has 0 unspecified atom stereocenters. The lowest BCUT2D eigenvalue weighted by molar-refractivity contribution is 0.0999. The average Bonchev–Trinajstić information content (AvgIpc) is 3.12. The van der Waals surface area contributed by atoms with Crippen molar-refractivity contribution in [3.63, 3.8) is 0 Å². The van der Waals surface area contributed by atoms with Gasteiger partial charge in [-0.15, -0.1) is 23.1 Å². The van der Waals surface area contributed by atoms with Crippen LogP contribution < -0.4 is 11.1 Å². The van der Waals surface area contributed by atoms with Crippen LogP contribution >= 0.6 is 23.1 Å². The van der Waals surface area contributed by atoms with E-state index in [-0.39, 0.29) is 5.91 Å². The third-order valence-electron chi connectivity index (χ3n) is 5.29. The Kier molecular flexibility index (Phi) is 6.75. The number of nitrogens with zero attached hydrogens (tertiary/aromatic N) is 1. The number of hydrogen-bond donors (Lipinski definition) is 2. The predicted octanol–water partition coefficient (Wildman–Crippen LogP) is 4.77. The molecule has 1 aliphatic rings. The molecule has 2 aromatic carbocycles. The first-order chi connectivity index (χ1) is 15.0. The molecule has 0 radical (unpaired) electrons. The summed E-state index contributed by atoms with van der Waals surface area (Å²) in [5.41, 5.74) is 8.97. The second-order valence-corrected chi connectivity index (χ2v) is 9.87. The van der Waals surface area contributed by atoms with E-state index >= 15 is 0 Å². The van der Waals surface area contributed by atoms with E-state index in [0.717, 1.165) is 47.1 Å². The fraction of sp³-hybridized carbons (Fsp3) is 0.250. The quantitative estimate of drug-likeness (QED) is 0.508. The van der Waals surface area contributed by atoms with E-state index in [1.165, 1.54) is 16.9 Å². The minimum Gasteiger partial charge on any atom is -0.365 e. The number of amides is 2. The summed E-state index contributed by atoms with van der Waals surface area (Å²) in [6.45, 7) is 4.54. The van der Waals surface area contributed by atoms with Crippen molar-refractivity contribution < 1.29 is 9.59 Å². The van der Waals surface area contributed by atoms with Crippen LogP contribution in [0.5, 0.6) is 0 Å². The highest BCUT2D eigenvalue weighted by atomic mass is 32.2. The summed E-state index contributed by atoms with van der Waals surface area (Å²) in [6, 6.07) is 17.9. The van der Waals surface area contributed by atoms with E-state index in [0.29, 0.717) is 16.1 Å². The maximum Gasteiger partial charge on any atom is 0.256 e. The van der Waals surface area contributed by atoms with Crippen molar-refractivity contribution in [2.24, 2.45) is 5.73 Å². The Hall–Kier alpha value is -2.61. The van der Waals surface area contributed by atoms with Gasteiger partial charge >= 0.3 is 0 Å². The minimum atomic E-state index is -0.487. The number of anilines is 1. The van der Waals surface area contributed by atoms with Crippen molar-refractivity contribution >= 4 is 39.9 Å². The van der Waals surface area contributed by atoms with Crippen molar-refractivity contribution in [2.75, 3.05) is 17.6 Å². The van der Waals surface area contributed by atoms with Crippen LogP contribution in [-0.4, -0.2) is 29.0 Å². The van der Waals surface area contributed by atoms with Gasteiger partial charge in [0.2, 0.25) is 0 Å². The van der Waals surface area contributed by atoms with Crippen LogP contribution in [0.1, 0.15) is 43.6 Å². The number of hydrogen-bond acceptors (Lipinski definition) is 5. The summed E-state index contributed by atoms with van der Waals surface area (Å²) in [7, 11) is 0. The Bertz CT molecular complexity index is 1080. The van der Waals surface area contributed by atoms with Gasteiger partial charge < -0.3 is 11.1 Å². The summed E-state index contributed by atoms with van der Waals surface area (Å²) in [5, 5.41) is 3.49. The monoisotopic (exact) mass is 451 g/mol. The highest BCUT2D eigenvalue weighted by Gasteiger charge is 2.28. The molecule has 2 heterocycles. The zero-order valence-electron chi connectivity index (χ0n) is 17.4. The normalized spacial score (nSPS) is 13.6. The summed E-state index contributed by atoms with van der Waals surface area (Å²) < 4.78 is 0. The highest BCUT2D eigenvalue weighted by Crippen LogP contribution is 2.37. The molecule has 0 saturated heterocycles.